The SMILES string of the molecule is CCCC(CCCN)c1cc(C)c(OCC)cc1C. The number of hydrogen-bond acceptors (Lipinski definition) is 2. The van der Waals surface area contributed by atoms with Crippen molar-refractivity contribution in [2.24, 2.45) is 5.73 Å². The van der Waals surface area contributed by atoms with Gasteiger partial charge in [0.25, 0.3) is 0 Å². The summed E-state index contributed by atoms with van der Waals surface area (Å²) in [5.74, 6) is 1.67. The van der Waals surface area contributed by atoms with Gasteiger partial charge in [0.15, 0.2) is 0 Å². The molecule has 0 aromatic heterocycles. The van der Waals surface area contributed by atoms with Gasteiger partial charge in [-0.1, -0.05) is 19.4 Å². The third-order valence-electron chi connectivity index (χ3n) is 3.70. The number of benzene rings is 1. The maximum atomic E-state index is 5.67. The van der Waals surface area contributed by atoms with E-state index in [1.165, 1.54) is 36.0 Å². The Hall–Kier alpha value is -1.02. The molecule has 2 nitrogen and oxygen atoms in total. The van der Waals surface area contributed by atoms with E-state index >= 15 is 0 Å². The molecule has 0 heterocycles. The minimum atomic E-state index is 0.642. The summed E-state index contributed by atoms with van der Waals surface area (Å²) >= 11 is 0. The van der Waals surface area contributed by atoms with Crippen LogP contribution in [0, 0.1) is 13.8 Å². The smallest absolute Gasteiger partial charge is 0.122 e. The molecule has 2 N–H and O–H groups in total. The summed E-state index contributed by atoms with van der Waals surface area (Å²) in [6, 6.07) is 4.51. The van der Waals surface area contributed by atoms with Crippen LogP contribution in [-0.4, -0.2) is 13.2 Å². The summed E-state index contributed by atoms with van der Waals surface area (Å²) in [5.41, 5.74) is 9.74. The Balaban J connectivity index is 2.98. The van der Waals surface area contributed by atoms with Crippen LogP contribution in [0.4, 0.5) is 0 Å². The van der Waals surface area contributed by atoms with Gasteiger partial charge in [0.05, 0.1) is 6.61 Å². The van der Waals surface area contributed by atoms with Crippen molar-refractivity contribution in [1.29, 1.82) is 0 Å². The Morgan fingerprint density at radius 1 is 1.11 bits per heavy atom. The predicted octanol–water partition coefficient (Wildman–Crippen LogP) is 4.32. The standard InChI is InChI=1S/C17H29NO/c1-5-8-15(9-7-10-18)16-11-14(4)17(19-6-2)12-13(16)3/h11-12,15H,5-10,18H2,1-4H3. The van der Waals surface area contributed by atoms with Crippen molar-refractivity contribution in [2.45, 2.75) is 59.3 Å². The average molecular weight is 263 g/mol. The highest BCUT2D eigenvalue weighted by atomic mass is 16.5. The van der Waals surface area contributed by atoms with Crippen molar-refractivity contribution in [3.05, 3.63) is 28.8 Å². The second-order valence-corrected chi connectivity index (χ2v) is 5.32. The van der Waals surface area contributed by atoms with E-state index in [0.717, 1.165) is 25.3 Å². The van der Waals surface area contributed by atoms with Gasteiger partial charge in [0, 0.05) is 0 Å². The van der Waals surface area contributed by atoms with Crippen LogP contribution in [0.15, 0.2) is 12.1 Å². The first kappa shape index (κ1) is 16.0. The lowest BCUT2D eigenvalue weighted by molar-refractivity contribution is 0.337. The molecule has 0 fully saturated rings. The molecule has 1 unspecified atom stereocenters. The highest BCUT2D eigenvalue weighted by Gasteiger charge is 2.15. The average Bonchev–Trinajstić information content (AvgIpc) is 2.39. The molecular formula is C17H29NO. The quantitative estimate of drug-likeness (QED) is 0.758. The Bertz CT molecular complexity index is 387. The second kappa shape index (κ2) is 8.21. The molecule has 0 bridgehead atoms. The lowest BCUT2D eigenvalue weighted by atomic mass is 9.86. The molecule has 1 rings (SSSR count). The highest BCUT2D eigenvalue weighted by molar-refractivity contribution is 5.43. The maximum absolute atomic E-state index is 5.67. The fraction of sp³-hybridized carbons (Fsp3) is 0.647. The van der Waals surface area contributed by atoms with Gasteiger partial charge in [-0.15, -0.1) is 0 Å². The number of rotatable bonds is 8. The van der Waals surface area contributed by atoms with Crippen LogP contribution < -0.4 is 10.5 Å². The molecule has 1 aromatic rings. The predicted molar refractivity (Wildman–Crippen MR) is 83.0 cm³/mol. The van der Waals surface area contributed by atoms with Crippen LogP contribution in [0.25, 0.3) is 0 Å². The van der Waals surface area contributed by atoms with Gasteiger partial charge in [0.2, 0.25) is 0 Å². The van der Waals surface area contributed by atoms with Crippen LogP contribution in [0.5, 0.6) is 5.75 Å². The molecule has 0 aliphatic heterocycles. The van der Waals surface area contributed by atoms with E-state index < -0.39 is 0 Å². The monoisotopic (exact) mass is 263 g/mol. The third-order valence-corrected chi connectivity index (χ3v) is 3.70. The Labute approximate surface area is 118 Å². The van der Waals surface area contributed by atoms with Crippen LogP contribution in [0.2, 0.25) is 0 Å². The zero-order chi connectivity index (χ0) is 14.3. The zero-order valence-electron chi connectivity index (χ0n) is 13.0. The van der Waals surface area contributed by atoms with Crippen LogP contribution in [-0.2, 0) is 0 Å². The Morgan fingerprint density at radius 2 is 1.84 bits per heavy atom. The molecule has 2 heteroatoms. The van der Waals surface area contributed by atoms with Crippen molar-refractivity contribution in [2.75, 3.05) is 13.2 Å². The first-order valence-electron chi connectivity index (χ1n) is 7.58. The number of ether oxygens (including phenoxy) is 1. The van der Waals surface area contributed by atoms with Gasteiger partial charge in [-0.25, -0.2) is 0 Å². The van der Waals surface area contributed by atoms with Crippen molar-refractivity contribution < 1.29 is 4.74 Å². The van der Waals surface area contributed by atoms with Gasteiger partial charge in [-0.05, 0) is 75.3 Å². The van der Waals surface area contributed by atoms with E-state index in [-0.39, 0.29) is 0 Å². The highest BCUT2D eigenvalue weighted by Crippen LogP contribution is 2.32. The summed E-state index contributed by atoms with van der Waals surface area (Å²) in [7, 11) is 0. The topological polar surface area (TPSA) is 35.2 Å². The van der Waals surface area contributed by atoms with E-state index in [9.17, 15) is 0 Å². The molecule has 0 radical (unpaired) electrons. The normalized spacial score (nSPS) is 12.5. The Kier molecular flexibility index (Phi) is 6.93. The number of nitrogens with two attached hydrogens (primary N) is 1. The summed E-state index contributed by atoms with van der Waals surface area (Å²) < 4.78 is 5.67. The molecule has 1 aromatic carbocycles. The van der Waals surface area contributed by atoms with E-state index in [1.54, 1.807) is 0 Å². The van der Waals surface area contributed by atoms with Crippen LogP contribution >= 0.6 is 0 Å². The van der Waals surface area contributed by atoms with E-state index in [4.69, 9.17) is 10.5 Å². The molecule has 0 amide bonds. The van der Waals surface area contributed by atoms with Gasteiger partial charge < -0.3 is 10.5 Å². The molecule has 0 saturated carbocycles. The van der Waals surface area contributed by atoms with Crippen molar-refractivity contribution >= 4 is 0 Å². The van der Waals surface area contributed by atoms with Gasteiger partial charge in [-0.3, -0.25) is 0 Å². The molecular weight excluding hydrogens is 234 g/mol. The van der Waals surface area contributed by atoms with Gasteiger partial charge in [-0.2, -0.15) is 0 Å². The molecule has 0 aliphatic rings. The Morgan fingerprint density at radius 3 is 2.42 bits per heavy atom. The lowest BCUT2D eigenvalue weighted by Crippen LogP contribution is -2.07. The molecule has 0 spiro atoms. The van der Waals surface area contributed by atoms with E-state index in [2.05, 4.69) is 32.9 Å². The molecule has 108 valence electrons. The molecule has 0 saturated heterocycles. The van der Waals surface area contributed by atoms with Crippen molar-refractivity contribution in [1.82, 2.24) is 0 Å². The lowest BCUT2D eigenvalue weighted by Gasteiger charge is -2.21. The molecule has 19 heavy (non-hydrogen) atoms. The summed E-state index contributed by atoms with van der Waals surface area (Å²) in [6.45, 7) is 10.1. The summed E-state index contributed by atoms with van der Waals surface area (Å²) in [4.78, 5) is 0. The number of aryl methyl sites for hydroxylation is 2. The van der Waals surface area contributed by atoms with E-state index in [0.29, 0.717) is 5.92 Å². The first-order valence-corrected chi connectivity index (χ1v) is 7.58. The largest absolute Gasteiger partial charge is 0.494 e. The summed E-state index contributed by atoms with van der Waals surface area (Å²) in [6.07, 6.45) is 4.77. The molecule has 0 aliphatic carbocycles. The fourth-order valence-electron chi connectivity index (χ4n) is 2.73. The van der Waals surface area contributed by atoms with Crippen molar-refractivity contribution in [3.8, 4) is 5.75 Å². The fourth-order valence-corrected chi connectivity index (χ4v) is 2.73. The zero-order valence-corrected chi connectivity index (χ0v) is 13.0. The minimum Gasteiger partial charge on any atom is -0.494 e. The maximum Gasteiger partial charge on any atom is 0.122 e. The van der Waals surface area contributed by atoms with Gasteiger partial charge in [0.1, 0.15) is 5.75 Å². The molecule has 1 atom stereocenters. The van der Waals surface area contributed by atoms with Crippen molar-refractivity contribution in [3.63, 3.8) is 0 Å². The number of hydrogen-bond donors (Lipinski definition) is 1. The van der Waals surface area contributed by atoms with Crippen LogP contribution in [0.1, 0.15) is 62.1 Å². The first-order chi connectivity index (χ1) is 9.13. The minimum absolute atomic E-state index is 0.642. The van der Waals surface area contributed by atoms with E-state index in [1.807, 2.05) is 6.92 Å². The van der Waals surface area contributed by atoms with Crippen LogP contribution in [0.3, 0.4) is 0 Å². The second-order valence-electron chi connectivity index (χ2n) is 5.32. The third kappa shape index (κ3) is 4.54. The summed E-state index contributed by atoms with van der Waals surface area (Å²) in [5, 5.41) is 0. The van der Waals surface area contributed by atoms with Gasteiger partial charge >= 0.3 is 0 Å².